The van der Waals surface area contributed by atoms with E-state index >= 15 is 0 Å². The van der Waals surface area contributed by atoms with Crippen LogP contribution < -0.4 is 26.2 Å². The molecule has 0 aromatic heterocycles. The van der Waals surface area contributed by atoms with Crippen LogP contribution in [0.4, 0.5) is 22.7 Å². The minimum absolute atomic E-state index is 0.0477. The second-order valence-corrected chi connectivity index (χ2v) is 8.41. The Kier molecular flexibility index (Phi) is 5.12. The quantitative estimate of drug-likeness (QED) is 0.690. The van der Waals surface area contributed by atoms with Gasteiger partial charge in [0.05, 0.1) is 22.7 Å². The molecule has 1 amide bonds. The van der Waals surface area contributed by atoms with Gasteiger partial charge in [-0.2, -0.15) is 0 Å². The van der Waals surface area contributed by atoms with Crippen LogP contribution in [0.1, 0.15) is 51.4 Å². The van der Waals surface area contributed by atoms with Crippen molar-refractivity contribution in [2.24, 2.45) is 5.73 Å². The van der Waals surface area contributed by atoms with Crippen molar-refractivity contribution in [3.05, 3.63) is 12.1 Å². The zero-order valence-electron chi connectivity index (χ0n) is 16.0. The Hall–Kier alpha value is -2.02. The number of benzene rings is 1. The van der Waals surface area contributed by atoms with Crippen LogP contribution in [-0.4, -0.2) is 36.7 Å². The maximum atomic E-state index is 12.6. The van der Waals surface area contributed by atoms with Crippen molar-refractivity contribution < 1.29 is 4.79 Å². The highest BCUT2D eigenvalue weighted by Gasteiger charge is 2.35. The first-order valence-corrected chi connectivity index (χ1v) is 10.5. The Morgan fingerprint density at radius 1 is 1.22 bits per heavy atom. The zero-order chi connectivity index (χ0) is 19.0. The molecule has 1 atom stereocenters. The van der Waals surface area contributed by atoms with E-state index in [0.717, 1.165) is 48.6 Å². The van der Waals surface area contributed by atoms with Crippen molar-refractivity contribution in [3.8, 4) is 0 Å². The number of nitrogens with one attached hydrogen (secondary N) is 2. The molecule has 0 radical (unpaired) electrons. The highest BCUT2D eigenvalue weighted by atomic mass is 32.1. The summed E-state index contributed by atoms with van der Waals surface area (Å²) in [5.41, 5.74) is 9.72. The highest BCUT2D eigenvalue weighted by molar-refractivity contribution is 7.80. The Morgan fingerprint density at radius 2 is 1.96 bits per heavy atom. The van der Waals surface area contributed by atoms with E-state index in [4.69, 9.17) is 18.0 Å². The van der Waals surface area contributed by atoms with Crippen molar-refractivity contribution in [1.29, 1.82) is 0 Å². The van der Waals surface area contributed by atoms with Crippen LogP contribution in [0.3, 0.4) is 0 Å². The number of nitrogens with zero attached hydrogens (tertiary/aromatic N) is 2. The number of amides is 1. The third-order valence-corrected chi connectivity index (χ3v) is 6.35. The van der Waals surface area contributed by atoms with Gasteiger partial charge >= 0.3 is 0 Å². The smallest absolute Gasteiger partial charge is 0.247 e. The second kappa shape index (κ2) is 7.54. The number of fused-ring (bicyclic) bond motifs is 3. The third-order valence-electron chi connectivity index (χ3n) is 6.25. The molecule has 2 aliphatic heterocycles. The van der Waals surface area contributed by atoms with Crippen LogP contribution in [0.2, 0.25) is 0 Å². The summed E-state index contributed by atoms with van der Waals surface area (Å²) in [4.78, 5) is 17.2. The van der Waals surface area contributed by atoms with Crippen LogP contribution in [0, 0.1) is 0 Å². The molecule has 3 aliphatic rings. The number of piperidine rings is 1. The van der Waals surface area contributed by atoms with Crippen molar-refractivity contribution >= 4 is 46.0 Å². The number of rotatable bonds is 3. The first kappa shape index (κ1) is 18.3. The highest BCUT2D eigenvalue weighted by Crippen LogP contribution is 2.43. The molecular formula is C20H29N5OS. The van der Waals surface area contributed by atoms with Gasteiger partial charge in [0.2, 0.25) is 5.91 Å². The predicted molar refractivity (Wildman–Crippen MR) is 116 cm³/mol. The lowest BCUT2D eigenvalue weighted by Crippen LogP contribution is -2.50. The Balaban J connectivity index is 1.74. The van der Waals surface area contributed by atoms with Crippen molar-refractivity contribution in [2.75, 3.05) is 34.0 Å². The SMILES string of the molecule is CN(c1cc2c(cc1NC(N)=S)NC(=O)C1CCCCN21)C1CCCCC1. The number of anilines is 4. The summed E-state index contributed by atoms with van der Waals surface area (Å²) in [6.07, 6.45) is 9.47. The number of carbonyl (C=O) groups is 1. The number of thiocarbonyl (C=S) groups is 1. The monoisotopic (exact) mass is 387 g/mol. The van der Waals surface area contributed by atoms with Gasteiger partial charge in [-0.05, 0) is 56.5 Å². The molecule has 1 aromatic carbocycles. The zero-order valence-corrected chi connectivity index (χ0v) is 16.8. The van der Waals surface area contributed by atoms with E-state index in [0.29, 0.717) is 6.04 Å². The van der Waals surface area contributed by atoms with Crippen LogP contribution >= 0.6 is 12.2 Å². The standard InChI is InChI=1S/C20H29N5OS/c1-24(13-7-3-2-4-8-13)17-12-18-15(11-14(17)23-20(21)27)22-19(26)16-9-5-6-10-25(16)18/h11-13,16H,2-10H2,1H3,(H,22,26)(H3,21,23,27). The molecule has 4 rings (SSSR count). The molecule has 4 N–H and O–H groups in total. The van der Waals surface area contributed by atoms with E-state index in [9.17, 15) is 4.79 Å². The largest absolute Gasteiger partial charge is 0.376 e. The molecule has 0 spiro atoms. The topological polar surface area (TPSA) is 73.6 Å². The van der Waals surface area contributed by atoms with Gasteiger partial charge in [0.15, 0.2) is 5.11 Å². The maximum Gasteiger partial charge on any atom is 0.247 e. The second-order valence-electron chi connectivity index (χ2n) is 7.97. The van der Waals surface area contributed by atoms with Crippen molar-refractivity contribution in [3.63, 3.8) is 0 Å². The molecule has 1 aromatic rings. The maximum absolute atomic E-state index is 12.6. The lowest BCUT2D eigenvalue weighted by atomic mass is 9.93. The lowest BCUT2D eigenvalue weighted by molar-refractivity contribution is -0.118. The van der Waals surface area contributed by atoms with Gasteiger partial charge < -0.3 is 26.2 Å². The van der Waals surface area contributed by atoms with E-state index in [2.05, 4.69) is 33.5 Å². The van der Waals surface area contributed by atoms with E-state index in [1.165, 1.54) is 32.1 Å². The van der Waals surface area contributed by atoms with Gasteiger partial charge in [-0.25, -0.2) is 0 Å². The molecule has 7 heteroatoms. The summed E-state index contributed by atoms with van der Waals surface area (Å²) < 4.78 is 0. The van der Waals surface area contributed by atoms with Crippen LogP contribution in [0.25, 0.3) is 0 Å². The fourth-order valence-corrected chi connectivity index (χ4v) is 4.92. The van der Waals surface area contributed by atoms with E-state index in [-0.39, 0.29) is 17.1 Å². The molecule has 27 heavy (non-hydrogen) atoms. The van der Waals surface area contributed by atoms with Gasteiger partial charge in [-0.3, -0.25) is 4.79 Å². The average Bonchev–Trinajstić information content (AvgIpc) is 2.67. The van der Waals surface area contributed by atoms with Gasteiger partial charge in [0.25, 0.3) is 0 Å². The summed E-state index contributed by atoms with van der Waals surface area (Å²) in [5, 5.41) is 6.47. The number of nitrogens with two attached hydrogens (primary N) is 1. The number of hydrogen-bond donors (Lipinski definition) is 3. The lowest BCUT2D eigenvalue weighted by Gasteiger charge is -2.42. The van der Waals surface area contributed by atoms with E-state index in [1.54, 1.807) is 0 Å². The summed E-state index contributed by atoms with van der Waals surface area (Å²) in [7, 11) is 2.16. The normalized spacial score (nSPS) is 22.5. The average molecular weight is 388 g/mol. The van der Waals surface area contributed by atoms with Gasteiger partial charge in [0.1, 0.15) is 6.04 Å². The third kappa shape index (κ3) is 3.57. The Morgan fingerprint density at radius 3 is 2.70 bits per heavy atom. The fourth-order valence-electron chi connectivity index (χ4n) is 4.81. The minimum atomic E-state index is -0.0477. The molecule has 2 fully saturated rings. The first-order chi connectivity index (χ1) is 13.0. The number of carbonyl (C=O) groups excluding carboxylic acids is 1. The van der Waals surface area contributed by atoms with Gasteiger partial charge in [-0.1, -0.05) is 19.3 Å². The summed E-state index contributed by atoms with van der Waals surface area (Å²) in [5.74, 6) is 0.0943. The van der Waals surface area contributed by atoms with Crippen LogP contribution in [0.15, 0.2) is 12.1 Å². The van der Waals surface area contributed by atoms with Gasteiger partial charge in [-0.15, -0.1) is 0 Å². The van der Waals surface area contributed by atoms with Crippen molar-refractivity contribution in [1.82, 2.24) is 0 Å². The first-order valence-electron chi connectivity index (χ1n) is 10.1. The van der Waals surface area contributed by atoms with Crippen LogP contribution in [-0.2, 0) is 4.79 Å². The molecular weight excluding hydrogens is 358 g/mol. The minimum Gasteiger partial charge on any atom is -0.376 e. The molecule has 1 aliphatic carbocycles. The summed E-state index contributed by atoms with van der Waals surface area (Å²) in [6, 6.07) is 4.68. The molecule has 6 nitrogen and oxygen atoms in total. The molecule has 0 bridgehead atoms. The van der Waals surface area contributed by atoms with E-state index in [1.807, 2.05) is 6.07 Å². The molecule has 1 saturated heterocycles. The molecule has 1 unspecified atom stereocenters. The predicted octanol–water partition coefficient (Wildman–Crippen LogP) is 3.42. The van der Waals surface area contributed by atoms with E-state index < -0.39 is 0 Å². The molecule has 146 valence electrons. The summed E-state index contributed by atoms with van der Waals surface area (Å²) >= 11 is 5.10. The van der Waals surface area contributed by atoms with Crippen molar-refractivity contribution in [2.45, 2.75) is 63.5 Å². The molecule has 1 saturated carbocycles. The fraction of sp³-hybridized carbons (Fsp3) is 0.600. The van der Waals surface area contributed by atoms with Crippen LogP contribution in [0.5, 0.6) is 0 Å². The summed E-state index contributed by atoms with van der Waals surface area (Å²) in [6.45, 7) is 0.930. The molecule has 2 heterocycles. The number of hydrogen-bond acceptors (Lipinski definition) is 4. The Labute approximate surface area is 166 Å². The Bertz CT molecular complexity index is 746. The van der Waals surface area contributed by atoms with Gasteiger partial charge in [0, 0.05) is 19.6 Å².